The van der Waals surface area contributed by atoms with E-state index in [9.17, 15) is 14.8 Å². The first-order chi connectivity index (χ1) is 11.7. The third-order valence-corrected chi connectivity index (χ3v) is 4.35. The van der Waals surface area contributed by atoms with E-state index in [2.05, 4.69) is 20.9 Å². The fourth-order valence-corrected chi connectivity index (χ4v) is 2.95. The van der Waals surface area contributed by atoms with Crippen LogP contribution in [0.3, 0.4) is 0 Å². The number of aliphatic hydroxyl groups excluding tert-OH is 1. The molecule has 0 saturated carbocycles. The fourth-order valence-electron chi connectivity index (χ4n) is 2.57. The second kappa shape index (κ2) is 6.01. The summed E-state index contributed by atoms with van der Waals surface area (Å²) in [5.41, 5.74) is 14.3. The highest BCUT2D eigenvalue weighted by Crippen LogP contribution is 2.41. The molecular weight excluding hydrogens is 353 g/mol. The number of hydrogen-bond acceptors (Lipinski definition) is 9. The van der Waals surface area contributed by atoms with Gasteiger partial charge in [0.25, 0.3) is 0 Å². The Bertz CT molecular complexity index is 892. The maximum atomic E-state index is 11.3. The number of imidazole rings is 1. The summed E-state index contributed by atoms with van der Waals surface area (Å²) in [7, 11) is -3.80. The minimum absolute atomic E-state index is 0.124. The van der Waals surface area contributed by atoms with Gasteiger partial charge < -0.3 is 25.2 Å². The minimum atomic E-state index is -3.80. The largest absolute Gasteiger partial charge is 0.386 e. The SMILES string of the molecule is C#C[C@@]1(O)[C@H](O)[C@@H](COP(N)(N)=O)O[C@H]1n1cnc2c(N)ncnc21. The van der Waals surface area contributed by atoms with E-state index in [0.717, 1.165) is 0 Å². The van der Waals surface area contributed by atoms with Crippen molar-refractivity contribution in [2.45, 2.75) is 24.0 Å². The smallest absolute Gasteiger partial charge is 0.335 e. The molecule has 3 rings (SSSR count). The number of anilines is 1. The fraction of sp³-hybridized carbons (Fsp3) is 0.417. The average Bonchev–Trinajstić information content (AvgIpc) is 3.07. The monoisotopic (exact) mass is 369 g/mol. The maximum absolute atomic E-state index is 11.3. The zero-order valence-corrected chi connectivity index (χ0v) is 13.7. The number of nitrogen functional groups attached to an aromatic ring is 1. The number of ether oxygens (including phenoxy) is 1. The molecule has 0 amide bonds. The van der Waals surface area contributed by atoms with E-state index < -0.39 is 38.3 Å². The predicted octanol–water partition coefficient (Wildman–Crippen LogP) is -1.93. The number of nitrogens with two attached hydrogens (primary N) is 3. The molecule has 0 aliphatic carbocycles. The van der Waals surface area contributed by atoms with Gasteiger partial charge in [0.1, 0.15) is 24.1 Å². The first-order valence-electron chi connectivity index (χ1n) is 6.96. The Morgan fingerprint density at radius 2 is 2.20 bits per heavy atom. The van der Waals surface area contributed by atoms with E-state index in [1.165, 1.54) is 17.2 Å². The lowest BCUT2D eigenvalue weighted by atomic mass is 9.95. The lowest BCUT2D eigenvalue weighted by Crippen LogP contribution is -2.46. The second-order valence-electron chi connectivity index (χ2n) is 5.47. The van der Waals surface area contributed by atoms with Gasteiger partial charge in [-0.05, 0) is 0 Å². The van der Waals surface area contributed by atoms with Gasteiger partial charge in [0, 0.05) is 0 Å². The number of aromatic nitrogens is 4. The van der Waals surface area contributed by atoms with Crippen molar-refractivity contribution < 1.29 is 24.0 Å². The lowest BCUT2D eigenvalue weighted by Gasteiger charge is -2.26. The molecule has 0 aromatic carbocycles. The Morgan fingerprint density at radius 1 is 1.48 bits per heavy atom. The summed E-state index contributed by atoms with van der Waals surface area (Å²) in [6.45, 7) is -0.449. The summed E-state index contributed by atoms with van der Waals surface area (Å²) in [6, 6.07) is 0. The van der Waals surface area contributed by atoms with E-state index in [1.54, 1.807) is 0 Å². The molecule has 0 unspecified atom stereocenters. The van der Waals surface area contributed by atoms with Crippen molar-refractivity contribution in [3.63, 3.8) is 0 Å². The molecule has 4 atom stereocenters. The van der Waals surface area contributed by atoms with Crippen molar-refractivity contribution in [2.75, 3.05) is 12.3 Å². The average molecular weight is 369 g/mol. The number of fused-ring (bicyclic) bond motifs is 1. The van der Waals surface area contributed by atoms with Crippen molar-refractivity contribution in [2.24, 2.45) is 11.0 Å². The summed E-state index contributed by atoms with van der Waals surface area (Å²) in [5.74, 6) is 2.23. The highest BCUT2D eigenvalue weighted by Gasteiger charge is 2.56. The molecule has 3 heterocycles. The van der Waals surface area contributed by atoms with Crippen molar-refractivity contribution in [3.05, 3.63) is 12.7 Å². The van der Waals surface area contributed by atoms with Crippen LogP contribution in [-0.2, 0) is 13.8 Å². The van der Waals surface area contributed by atoms with Crippen molar-refractivity contribution in [1.29, 1.82) is 0 Å². The van der Waals surface area contributed by atoms with Crippen LogP contribution < -0.4 is 16.7 Å². The third kappa shape index (κ3) is 2.99. The van der Waals surface area contributed by atoms with E-state index >= 15 is 0 Å². The first-order valence-corrected chi connectivity index (χ1v) is 8.72. The van der Waals surface area contributed by atoms with Crippen LogP contribution in [0, 0.1) is 12.3 Å². The van der Waals surface area contributed by atoms with Crippen LogP contribution in [0.5, 0.6) is 0 Å². The molecule has 8 N–H and O–H groups in total. The molecule has 1 aliphatic heterocycles. The molecule has 1 saturated heterocycles. The zero-order valence-electron chi connectivity index (χ0n) is 12.8. The van der Waals surface area contributed by atoms with Crippen LogP contribution in [-0.4, -0.2) is 54.1 Å². The van der Waals surface area contributed by atoms with Crippen molar-refractivity contribution in [3.8, 4) is 12.3 Å². The molecule has 134 valence electrons. The first kappa shape index (κ1) is 17.7. The van der Waals surface area contributed by atoms with Gasteiger partial charge in [-0.15, -0.1) is 6.42 Å². The van der Waals surface area contributed by atoms with E-state index in [-0.39, 0.29) is 17.0 Å². The summed E-state index contributed by atoms with van der Waals surface area (Å²) in [4.78, 5) is 11.9. The predicted molar refractivity (Wildman–Crippen MR) is 85.4 cm³/mol. The Morgan fingerprint density at radius 3 is 2.84 bits per heavy atom. The highest BCUT2D eigenvalue weighted by molar-refractivity contribution is 7.53. The maximum Gasteiger partial charge on any atom is 0.335 e. The highest BCUT2D eigenvalue weighted by atomic mass is 31.2. The van der Waals surface area contributed by atoms with Crippen LogP contribution in [0.15, 0.2) is 12.7 Å². The summed E-state index contributed by atoms with van der Waals surface area (Å²) in [6.07, 6.45) is 3.89. The summed E-state index contributed by atoms with van der Waals surface area (Å²) in [5, 5.41) is 21.0. The third-order valence-electron chi connectivity index (χ3n) is 3.79. The van der Waals surface area contributed by atoms with Crippen LogP contribution in [0.4, 0.5) is 5.82 Å². The van der Waals surface area contributed by atoms with Gasteiger partial charge >= 0.3 is 7.67 Å². The van der Waals surface area contributed by atoms with Crippen LogP contribution in [0.1, 0.15) is 6.23 Å². The van der Waals surface area contributed by atoms with Gasteiger partial charge in [-0.1, -0.05) is 5.92 Å². The summed E-state index contributed by atoms with van der Waals surface area (Å²) >= 11 is 0. The normalized spacial score (nSPS) is 29.8. The number of nitrogens with zero attached hydrogens (tertiary/aromatic N) is 4. The standard InChI is InChI=1S/C12H16N7O5P/c1-2-12(21)8(20)6(3-23-25(14,15)22)24-11(12)19-5-18-7-9(13)16-4-17-10(7)19/h1,4-6,8,11,20-21H,3H2,(H2,13,16,17)(H4,14,15,22)/t6-,8-,11-,12-/m1/s1. The van der Waals surface area contributed by atoms with Crippen molar-refractivity contribution >= 4 is 24.7 Å². The molecule has 0 radical (unpaired) electrons. The minimum Gasteiger partial charge on any atom is -0.386 e. The Balaban J connectivity index is 1.98. The van der Waals surface area contributed by atoms with Gasteiger partial charge in [0.05, 0.1) is 12.9 Å². The van der Waals surface area contributed by atoms with E-state index in [0.29, 0.717) is 0 Å². The van der Waals surface area contributed by atoms with Gasteiger partial charge in [0.2, 0.25) is 0 Å². The molecule has 1 aliphatic rings. The quantitative estimate of drug-likeness (QED) is 0.297. The number of aliphatic hydroxyl groups is 2. The van der Waals surface area contributed by atoms with Gasteiger partial charge in [0.15, 0.2) is 23.3 Å². The number of rotatable bonds is 4. The van der Waals surface area contributed by atoms with Gasteiger partial charge in [-0.3, -0.25) is 9.13 Å². The van der Waals surface area contributed by atoms with Crippen LogP contribution >= 0.6 is 7.67 Å². The second-order valence-corrected chi connectivity index (χ2v) is 7.01. The van der Waals surface area contributed by atoms with Gasteiger partial charge in [-0.25, -0.2) is 26.0 Å². The summed E-state index contributed by atoms with van der Waals surface area (Å²) < 4.78 is 22.9. The zero-order chi connectivity index (χ0) is 18.4. The van der Waals surface area contributed by atoms with E-state index in [1.807, 2.05) is 0 Å². The molecule has 1 fully saturated rings. The molecule has 12 nitrogen and oxygen atoms in total. The van der Waals surface area contributed by atoms with Crippen LogP contribution in [0.25, 0.3) is 11.2 Å². The molecule has 25 heavy (non-hydrogen) atoms. The molecular formula is C12H16N7O5P. The topological polar surface area (TPSA) is 198 Å². The molecule has 2 aromatic heterocycles. The van der Waals surface area contributed by atoms with Crippen molar-refractivity contribution in [1.82, 2.24) is 19.5 Å². The van der Waals surface area contributed by atoms with Gasteiger partial charge in [-0.2, -0.15) is 0 Å². The Kier molecular flexibility index (Phi) is 4.26. The van der Waals surface area contributed by atoms with Crippen LogP contribution in [0.2, 0.25) is 0 Å². The molecule has 2 aromatic rings. The molecule has 13 heteroatoms. The Hall–Kier alpha value is -2.10. The van der Waals surface area contributed by atoms with E-state index in [4.69, 9.17) is 32.4 Å². The number of terminal acetylenes is 1. The number of hydrogen-bond donors (Lipinski definition) is 5. The lowest BCUT2D eigenvalue weighted by molar-refractivity contribution is -0.0710. The molecule has 0 bridgehead atoms. The Labute approximate surface area is 141 Å². The molecule has 0 spiro atoms.